The molecule has 23 heavy (non-hydrogen) atoms. The van der Waals surface area contributed by atoms with Gasteiger partial charge in [-0.05, 0) is 32.0 Å². The zero-order chi connectivity index (χ0) is 17.0. The van der Waals surface area contributed by atoms with Crippen molar-refractivity contribution >= 4 is 11.6 Å². The van der Waals surface area contributed by atoms with Gasteiger partial charge < -0.3 is 15.1 Å². The number of carbonyl (C=O) groups excluding carboxylic acids is 1. The number of nitrogens with zero attached hydrogens (tertiary/aromatic N) is 1. The Morgan fingerprint density at radius 2 is 2.00 bits per heavy atom. The first-order valence-electron chi connectivity index (χ1n) is 7.87. The first kappa shape index (κ1) is 17.6. The topological polar surface area (TPSA) is 36.8 Å². The van der Waals surface area contributed by atoms with Crippen molar-refractivity contribution in [3.63, 3.8) is 0 Å². The van der Waals surface area contributed by atoms with Crippen LogP contribution in [0.4, 0.5) is 18.9 Å². The van der Waals surface area contributed by atoms with Gasteiger partial charge in [-0.2, -0.15) is 13.2 Å². The maximum atomic E-state index is 12.8. The lowest BCUT2D eigenvalue weighted by molar-refractivity contribution is -0.914. The normalized spacial score (nSPS) is 17.9. The molecule has 0 aliphatic carbocycles. The van der Waals surface area contributed by atoms with Gasteiger partial charge in [-0.1, -0.05) is 6.07 Å². The van der Waals surface area contributed by atoms with E-state index in [1.54, 1.807) is 6.07 Å². The summed E-state index contributed by atoms with van der Waals surface area (Å²) in [7, 11) is 0. The maximum Gasteiger partial charge on any atom is 0.416 e. The third kappa shape index (κ3) is 4.37. The number of anilines is 1. The van der Waals surface area contributed by atoms with Crippen LogP contribution in [0.1, 0.15) is 19.4 Å². The number of piperazine rings is 1. The van der Waals surface area contributed by atoms with Gasteiger partial charge in [0.15, 0.2) is 6.04 Å². The summed E-state index contributed by atoms with van der Waals surface area (Å²) in [5.74, 6) is 0.0232. The summed E-state index contributed by atoms with van der Waals surface area (Å²) in [5, 5.41) is 2.81. The summed E-state index contributed by atoms with van der Waals surface area (Å²) in [4.78, 5) is 15.0. The van der Waals surface area contributed by atoms with Crippen molar-refractivity contribution in [2.75, 3.05) is 37.6 Å². The van der Waals surface area contributed by atoms with Gasteiger partial charge in [0.25, 0.3) is 5.91 Å². The molecule has 1 atom stereocenters. The van der Waals surface area contributed by atoms with Crippen molar-refractivity contribution in [1.29, 1.82) is 0 Å². The molecule has 0 spiro atoms. The van der Waals surface area contributed by atoms with Crippen LogP contribution in [0.15, 0.2) is 24.3 Å². The zero-order valence-corrected chi connectivity index (χ0v) is 13.4. The Bertz CT molecular complexity index is 540. The molecule has 1 aliphatic heterocycles. The van der Waals surface area contributed by atoms with Crippen LogP contribution in [-0.4, -0.2) is 44.7 Å². The first-order valence-corrected chi connectivity index (χ1v) is 7.87. The first-order chi connectivity index (χ1) is 10.8. The Labute approximate surface area is 134 Å². The molecule has 0 radical (unpaired) electrons. The van der Waals surface area contributed by atoms with Crippen LogP contribution in [0, 0.1) is 0 Å². The Morgan fingerprint density at radius 3 is 2.57 bits per heavy atom. The van der Waals surface area contributed by atoms with Crippen LogP contribution >= 0.6 is 0 Å². The minimum atomic E-state index is -4.32. The lowest BCUT2D eigenvalue weighted by Crippen LogP contribution is -3.19. The Balaban J connectivity index is 1.98. The standard InChI is InChI=1S/C16H22F3N3O/c1-3-20-15(23)12(2)21-7-9-22(10-8-21)14-6-4-5-13(11-14)16(17,18)19/h4-6,11-12H,3,7-10H2,1-2H3,(H,20,23)/p+1/t12-/m1/s1. The summed E-state index contributed by atoms with van der Waals surface area (Å²) in [6.07, 6.45) is -4.32. The second-order valence-electron chi connectivity index (χ2n) is 5.81. The molecule has 0 aromatic heterocycles. The molecule has 1 saturated heterocycles. The van der Waals surface area contributed by atoms with E-state index in [9.17, 15) is 18.0 Å². The minimum Gasteiger partial charge on any atom is -0.360 e. The number of nitrogens with one attached hydrogen (secondary N) is 2. The summed E-state index contributed by atoms with van der Waals surface area (Å²) < 4.78 is 38.4. The SMILES string of the molecule is CCNC(=O)[C@@H](C)[NH+]1CCN(c2cccc(C(F)(F)F)c2)CC1. The molecule has 0 saturated carbocycles. The van der Waals surface area contributed by atoms with Crippen LogP contribution < -0.4 is 15.1 Å². The molecule has 2 rings (SSSR count). The number of likely N-dealkylation sites (N-methyl/N-ethyl adjacent to an activating group) is 1. The van der Waals surface area contributed by atoms with Gasteiger partial charge in [-0.15, -0.1) is 0 Å². The molecular formula is C16H23F3N3O+. The quantitative estimate of drug-likeness (QED) is 0.862. The second kappa shape index (κ2) is 7.21. The number of rotatable bonds is 4. The van der Waals surface area contributed by atoms with Gasteiger partial charge in [-0.3, -0.25) is 4.79 Å². The van der Waals surface area contributed by atoms with Crippen molar-refractivity contribution in [3.05, 3.63) is 29.8 Å². The highest BCUT2D eigenvalue weighted by molar-refractivity contribution is 5.79. The van der Waals surface area contributed by atoms with Crippen LogP contribution in [-0.2, 0) is 11.0 Å². The van der Waals surface area contributed by atoms with Crippen molar-refractivity contribution in [2.45, 2.75) is 26.1 Å². The largest absolute Gasteiger partial charge is 0.416 e. The lowest BCUT2D eigenvalue weighted by Gasteiger charge is -2.36. The molecule has 1 fully saturated rings. The van der Waals surface area contributed by atoms with Crippen molar-refractivity contribution in [3.8, 4) is 0 Å². The van der Waals surface area contributed by atoms with Gasteiger partial charge in [-0.25, -0.2) is 0 Å². The highest BCUT2D eigenvalue weighted by atomic mass is 19.4. The fourth-order valence-electron chi connectivity index (χ4n) is 2.88. The van der Waals surface area contributed by atoms with Gasteiger partial charge in [0.1, 0.15) is 0 Å². The van der Waals surface area contributed by atoms with E-state index < -0.39 is 11.7 Å². The molecule has 0 bridgehead atoms. The number of benzene rings is 1. The lowest BCUT2D eigenvalue weighted by atomic mass is 10.1. The summed E-state index contributed by atoms with van der Waals surface area (Å²) in [6, 6.07) is 5.28. The molecule has 1 amide bonds. The van der Waals surface area contributed by atoms with E-state index in [-0.39, 0.29) is 11.9 Å². The van der Waals surface area contributed by atoms with Crippen molar-refractivity contribution in [1.82, 2.24) is 5.32 Å². The van der Waals surface area contributed by atoms with E-state index in [4.69, 9.17) is 0 Å². The highest BCUT2D eigenvalue weighted by Gasteiger charge is 2.32. The summed E-state index contributed by atoms with van der Waals surface area (Å²) >= 11 is 0. The van der Waals surface area contributed by atoms with Gasteiger partial charge >= 0.3 is 6.18 Å². The zero-order valence-electron chi connectivity index (χ0n) is 13.4. The number of halogens is 3. The number of hydrogen-bond donors (Lipinski definition) is 2. The van der Waals surface area contributed by atoms with E-state index in [1.165, 1.54) is 17.0 Å². The monoisotopic (exact) mass is 330 g/mol. The van der Waals surface area contributed by atoms with E-state index in [0.29, 0.717) is 25.3 Å². The molecule has 2 N–H and O–H groups in total. The second-order valence-corrected chi connectivity index (χ2v) is 5.81. The number of carbonyl (C=O) groups is 1. The average Bonchev–Trinajstić information content (AvgIpc) is 2.54. The minimum absolute atomic E-state index is 0.0232. The average molecular weight is 330 g/mol. The molecule has 1 aromatic carbocycles. The van der Waals surface area contributed by atoms with Gasteiger partial charge in [0.05, 0.1) is 31.7 Å². The molecule has 1 heterocycles. The van der Waals surface area contributed by atoms with Crippen molar-refractivity contribution < 1.29 is 22.9 Å². The molecule has 1 aliphatic rings. The third-order valence-corrected chi connectivity index (χ3v) is 4.30. The molecular weight excluding hydrogens is 307 g/mol. The van der Waals surface area contributed by atoms with E-state index >= 15 is 0 Å². The van der Waals surface area contributed by atoms with E-state index in [1.807, 2.05) is 18.7 Å². The highest BCUT2D eigenvalue weighted by Crippen LogP contribution is 2.31. The van der Waals surface area contributed by atoms with Crippen molar-refractivity contribution in [2.24, 2.45) is 0 Å². The summed E-state index contributed by atoms with van der Waals surface area (Å²) in [6.45, 7) is 7.11. The van der Waals surface area contributed by atoms with E-state index in [0.717, 1.165) is 19.2 Å². The number of quaternary nitrogens is 1. The van der Waals surface area contributed by atoms with Crippen LogP contribution in [0.3, 0.4) is 0 Å². The van der Waals surface area contributed by atoms with Gasteiger partial charge in [0, 0.05) is 12.2 Å². The predicted octanol–water partition coefficient (Wildman–Crippen LogP) is 0.935. The Kier molecular flexibility index (Phi) is 5.51. The fraction of sp³-hybridized carbons (Fsp3) is 0.562. The molecule has 4 nitrogen and oxygen atoms in total. The van der Waals surface area contributed by atoms with Crippen LogP contribution in [0.25, 0.3) is 0 Å². The third-order valence-electron chi connectivity index (χ3n) is 4.30. The molecule has 7 heteroatoms. The van der Waals surface area contributed by atoms with Crippen LogP contribution in [0.5, 0.6) is 0 Å². The Hall–Kier alpha value is -1.76. The smallest absolute Gasteiger partial charge is 0.360 e. The molecule has 0 unspecified atom stereocenters. The Morgan fingerprint density at radius 1 is 1.35 bits per heavy atom. The number of alkyl halides is 3. The number of amides is 1. The van der Waals surface area contributed by atoms with Gasteiger partial charge in [0.2, 0.25) is 0 Å². The molecule has 1 aromatic rings. The predicted molar refractivity (Wildman–Crippen MR) is 82.5 cm³/mol. The van der Waals surface area contributed by atoms with Crippen LogP contribution in [0.2, 0.25) is 0 Å². The maximum absolute atomic E-state index is 12.8. The summed E-state index contributed by atoms with van der Waals surface area (Å²) in [5.41, 5.74) is -0.0370. The number of hydrogen-bond acceptors (Lipinski definition) is 2. The fourth-order valence-corrected chi connectivity index (χ4v) is 2.88. The molecule has 128 valence electrons. The van der Waals surface area contributed by atoms with E-state index in [2.05, 4.69) is 5.32 Å².